The minimum atomic E-state index is -3.64. The van der Waals surface area contributed by atoms with Crippen LogP contribution in [0, 0.1) is 0 Å². The maximum Gasteiger partial charge on any atom is 0.362 e. The van der Waals surface area contributed by atoms with Gasteiger partial charge in [0.15, 0.2) is 0 Å². The van der Waals surface area contributed by atoms with Gasteiger partial charge in [-0.1, -0.05) is 48.5 Å². The molecule has 0 heterocycles. The Morgan fingerprint density at radius 1 is 0.533 bits per heavy atom. The highest BCUT2D eigenvalue weighted by atomic mass is 31.2. The monoisotopic (exact) mass is 450 g/mol. The summed E-state index contributed by atoms with van der Waals surface area (Å²) in [4.78, 5) is 0. The van der Waals surface area contributed by atoms with Crippen molar-refractivity contribution in [2.24, 2.45) is 0 Å². The van der Waals surface area contributed by atoms with Crippen LogP contribution in [0.25, 0.3) is 21.5 Å². The van der Waals surface area contributed by atoms with Crippen molar-refractivity contribution in [2.75, 3.05) is 26.4 Å². The van der Waals surface area contributed by atoms with E-state index in [-0.39, 0.29) is 26.4 Å². The second-order valence-electron chi connectivity index (χ2n) is 6.45. The van der Waals surface area contributed by atoms with E-state index in [9.17, 15) is 9.13 Å². The molecule has 0 saturated heterocycles. The van der Waals surface area contributed by atoms with E-state index in [2.05, 4.69) is 0 Å². The van der Waals surface area contributed by atoms with Crippen LogP contribution < -0.4 is 10.6 Å². The molecule has 0 aliphatic carbocycles. The Morgan fingerprint density at radius 3 is 0.967 bits per heavy atom. The number of fused-ring (bicyclic) bond motifs is 2. The van der Waals surface area contributed by atoms with Crippen LogP contribution in [-0.2, 0) is 27.2 Å². The van der Waals surface area contributed by atoms with Crippen LogP contribution in [-0.4, -0.2) is 26.4 Å². The second kappa shape index (κ2) is 9.74. The zero-order chi connectivity index (χ0) is 21.8. The van der Waals surface area contributed by atoms with Gasteiger partial charge in [0.1, 0.15) is 0 Å². The molecule has 3 aromatic rings. The molecule has 0 saturated carbocycles. The summed E-state index contributed by atoms with van der Waals surface area (Å²) in [7, 11) is -7.27. The van der Waals surface area contributed by atoms with Gasteiger partial charge in [-0.25, -0.2) is 0 Å². The van der Waals surface area contributed by atoms with E-state index in [0.717, 1.165) is 0 Å². The Morgan fingerprint density at radius 2 is 0.767 bits per heavy atom. The van der Waals surface area contributed by atoms with Gasteiger partial charge in [0.05, 0.1) is 37.0 Å². The highest BCUT2D eigenvalue weighted by molar-refractivity contribution is 7.64. The number of benzene rings is 3. The molecule has 0 aliphatic heterocycles. The molecule has 6 nitrogen and oxygen atoms in total. The second-order valence-corrected chi connectivity index (χ2v) is 10.4. The lowest BCUT2D eigenvalue weighted by Crippen LogP contribution is -2.20. The van der Waals surface area contributed by atoms with Gasteiger partial charge in [0, 0.05) is 0 Å². The van der Waals surface area contributed by atoms with Crippen LogP contribution in [0.1, 0.15) is 27.7 Å². The minimum Gasteiger partial charge on any atom is -0.305 e. The molecule has 0 fully saturated rings. The van der Waals surface area contributed by atoms with E-state index in [0.29, 0.717) is 32.2 Å². The van der Waals surface area contributed by atoms with E-state index >= 15 is 0 Å². The normalized spacial score (nSPS) is 12.7. The molecule has 0 unspecified atom stereocenters. The van der Waals surface area contributed by atoms with Crippen LogP contribution in [0.15, 0.2) is 48.5 Å². The van der Waals surface area contributed by atoms with Crippen LogP contribution in [0.4, 0.5) is 0 Å². The van der Waals surface area contributed by atoms with E-state index in [4.69, 9.17) is 18.1 Å². The van der Waals surface area contributed by atoms with Gasteiger partial charge < -0.3 is 18.1 Å². The molecule has 162 valence electrons. The zero-order valence-corrected chi connectivity index (χ0v) is 19.6. The van der Waals surface area contributed by atoms with Gasteiger partial charge in [-0.05, 0) is 49.2 Å². The first kappa shape index (κ1) is 23.1. The van der Waals surface area contributed by atoms with E-state index in [1.807, 2.05) is 48.5 Å². The smallest absolute Gasteiger partial charge is 0.305 e. The van der Waals surface area contributed by atoms with Crippen molar-refractivity contribution in [1.82, 2.24) is 0 Å². The molecule has 0 amide bonds. The number of rotatable bonds is 10. The lowest BCUT2D eigenvalue weighted by atomic mass is 10.0. The van der Waals surface area contributed by atoms with Gasteiger partial charge in [-0.15, -0.1) is 0 Å². The third kappa shape index (κ3) is 4.13. The highest BCUT2D eigenvalue weighted by Gasteiger charge is 2.37. The van der Waals surface area contributed by atoms with E-state index < -0.39 is 15.2 Å². The molecule has 8 heteroatoms. The van der Waals surface area contributed by atoms with Crippen molar-refractivity contribution in [3.8, 4) is 0 Å². The summed E-state index contributed by atoms with van der Waals surface area (Å²) in [5.74, 6) is 0. The molecule has 30 heavy (non-hydrogen) atoms. The standard InChI is InChI=1S/C22H28O6P2/c1-5-25-29(23,26-6-2)21-17-13-9-11-15-19(17)22(20-16-12-10-14-18(20)21)30(24,27-7-3)28-8-4/h9-16H,5-8H2,1-4H3. The summed E-state index contributed by atoms with van der Waals surface area (Å²) in [5, 5.41) is 3.54. The first-order valence-electron chi connectivity index (χ1n) is 10.2. The summed E-state index contributed by atoms with van der Waals surface area (Å²) in [6, 6.07) is 14.7. The lowest BCUT2D eigenvalue weighted by Gasteiger charge is -2.25. The van der Waals surface area contributed by atoms with Crippen molar-refractivity contribution in [3.05, 3.63) is 48.5 Å². The fraction of sp³-hybridized carbons (Fsp3) is 0.364. The summed E-state index contributed by atoms with van der Waals surface area (Å²) in [6.45, 7) is 8.06. The maximum atomic E-state index is 13.9. The Balaban J connectivity index is 2.54. The molecule has 3 rings (SSSR count). The van der Waals surface area contributed by atoms with Gasteiger partial charge in [0.2, 0.25) is 0 Å². The highest BCUT2D eigenvalue weighted by Crippen LogP contribution is 2.54. The molecular weight excluding hydrogens is 422 g/mol. The molecule has 0 aliphatic rings. The first-order chi connectivity index (χ1) is 14.5. The minimum absolute atomic E-state index is 0.234. The Bertz CT molecular complexity index is 962. The zero-order valence-electron chi connectivity index (χ0n) is 17.8. The molecule has 0 atom stereocenters. The SMILES string of the molecule is CCOP(=O)(OCC)c1c2ccccc2c(P(=O)(OCC)OCC)c2ccccc12. The van der Waals surface area contributed by atoms with E-state index in [1.165, 1.54) is 0 Å². The Hall–Kier alpha value is -1.52. The topological polar surface area (TPSA) is 71.1 Å². The third-order valence-electron chi connectivity index (χ3n) is 4.62. The van der Waals surface area contributed by atoms with Crippen molar-refractivity contribution in [1.29, 1.82) is 0 Å². The van der Waals surface area contributed by atoms with Crippen molar-refractivity contribution in [2.45, 2.75) is 27.7 Å². The fourth-order valence-electron chi connectivity index (χ4n) is 3.69. The van der Waals surface area contributed by atoms with Gasteiger partial charge >= 0.3 is 15.2 Å². The van der Waals surface area contributed by atoms with Crippen LogP contribution in [0.5, 0.6) is 0 Å². The Kier molecular flexibility index (Phi) is 7.52. The van der Waals surface area contributed by atoms with Gasteiger partial charge in [0.25, 0.3) is 0 Å². The van der Waals surface area contributed by atoms with Crippen molar-refractivity contribution < 1.29 is 27.2 Å². The average Bonchev–Trinajstić information content (AvgIpc) is 2.72. The summed E-state index contributed by atoms with van der Waals surface area (Å²) in [5.41, 5.74) is 0. The van der Waals surface area contributed by atoms with Crippen LogP contribution in [0.2, 0.25) is 0 Å². The van der Waals surface area contributed by atoms with Gasteiger partial charge in [-0.2, -0.15) is 0 Å². The molecular formula is C22H28O6P2. The molecule has 0 N–H and O–H groups in total. The molecule has 0 aromatic heterocycles. The van der Waals surface area contributed by atoms with Crippen LogP contribution >= 0.6 is 15.2 Å². The first-order valence-corrected chi connectivity index (χ1v) is 13.3. The average molecular weight is 450 g/mol. The quantitative estimate of drug-likeness (QED) is 0.288. The fourth-order valence-corrected chi connectivity index (χ4v) is 7.67. The predicted molar refractivity (Wildman–Crippen MR) is 122 cm³/mol. The van der Waals surface area contributed by atoms with Crippen LogP contribution in [0.3, 0.4) is 0 Å². The Labute approximate surface area is 177 Å². The molecule has 0 spiro atoms. The number of hydrogen-bond donors (Lipinski definition) is 0. The predicted octanol–water partition coefficient (Wildman–Crippen LogP) is 5.78. The molecule has 3 aromatic carbocycles. The molecule has 0 bridgehead atoms. The van der Waals surface area contributed by atoms with Crippen molar-refractivity contribution in [3.63, 3.8) is 0 Å². The molecule has 0 radical (unpaired) electrons. The third-order valence-corrected chi connectivity index (χ3v) is 9.07. The largest absolute Gasteiger partial charge is 0.362 e. The summed E-state index contributed by atoms with van der Waals surface area (Å²) < 4.78 is 50.5. The van der Waals surface area contributed by atoms with Gasteiger partial charge in [-0.3, -0.25) is 9.13 Å². The number of hydrogen-bond acceptors (Lipinski definition) is 6. The van der Waals surface area contributed by atoms with E-state index in [1.54, 1.807) is 27.7 Å². The lowest BCUT2D eigenvalue weighted by molar-refractivity contribution is 0.229. The summed E-state index contributed by atoms with van der Waals surface area (Å²) >= 11 is 0. The maximum absolute atomic E-state index is 13.9. The summed E-state index contributed by atoms with van der Waals surface area (Å²) in [6.07, 6.45) is 0. The van der Waals surface area contributed by atoms with Crippen molar-refractivity contribution >= 4 is 47.3 Å².